The number of hydrogen-bond acceptors (Lipinski definition) is 4. The number of ether oxygens (including phenoxy) is 1. The lowest BCUT2D eigenvalue weighted by atomic mass is 9.99. The molecular formula is C13H22ClNO4. The molecule has 110 valence electrons. The van der Waals surface area contributed by atoms with Gasteiger partial charge < -0.3 is 9.64 Å². The SMILES string of the molecule is CC(=O)N1CCC(=O)C(C(=O)OC(C)(C)C)CC1.Cl. The normalized spacial score (nSPS) is 20.3. The second-order valence-electron chi connectivity index (χ2n) is 5.60. The molecule has 1 amide bonds. The van der Waals surface area contributed by atoms with Crippen LogP contribution >= 0.6 is 12.4 Å². The lowest BCUT2D eigenvalue weighted by Crippen LogP contribution is -2.33. The molecule has 1 aliphatic rings. The number of ketones is 1. The molecule has 1 atom stereocenters. The van der Waals surface area contributed by atoms with E-state index in [9.17, 15) is 14.4 Å². The van der Waals surface area contributed by atoms with Gasteiger partial charge in [-0.3, -0.25) is 14.4 Å². The third-order valence-corrected chi connectivity index (χ3v) is 2.84. The predicted octanol–water partition coefficient (Wildman–Crippen LogP) is 1.58. The highest BCUT2D eigenvalue weighted by atomic mass is 35.5. The topological polar surface area (TPSA) is 63.7 Å². The molecule has 1 heterocycles. The molecule has 6 heteroatoms. The van der Waals surface area contributed by atoms with Crippen LogP contribution in [0.15, 0.2) is 0 Å². The first-order valence-corrected chi connectivity index (χ1v) is 6.22. The number of amides is 1. The Kier molecular flexibility index (Phi) is 6.49. The van der Waals surface area contributed by atoms with Crippen LogP contribution in [0.4, 0.5) is 0 Å². The van der Waals surface area contributed by atoms with E-state index in [2.05, 4.69) is 0 Å². The molecule has 1 rings (SSSR count). The van der Waals surface area contributed by atoms with Crippen LogP contribution in [-0.4, -0.2) is 41.3 Å². The van der Waals surface area contributed by atoms with Crippen LogP contribution in [0.3, 0.4) is 0 Å². The number of nitrogens with zero attached hydrogens (tertiary/aromatic N) is 1. The Morgan fingerprint density at radius 2 is 1.84 bits per heavy atom. The van der Waals surface area contributed by atoms with Crippen LogP contribution in [0.1, 0.15) is 40.5 Å². The second kappa shape index (κ2) is 6.89. The summed E-state index contributed by atoms with van der Waals surface area (Å²) in [6.07, 6.45) is 0.580. The lowest BCUT2D eigenvalue weighted by Gasteiger charge is -2.22. The summed E-state index contributed by atoms with van der Waals surface area (Å²) in [7, 11) is 0. The molecule has 1 fully saturated rings. The summed E-state index contributed by atoms with van der Waals surface area (Å²) in [5, 5.41) is 0. The summed E-state index contributed by atoms with van der Waals surface area (Å²) >= 11 is 0. The van der Waals surface area contributed by atoms with Gasteiger partial charge in [-0.15, -0.1) is 12.4 Å². The van der Waals surface area contributed by atoms with Gasteiger partial charge in [0.25, 0.3) is 0 Å². The minimum Gasteiger partial charge on any atom is -0.459 e. The number of esters is 1. The molecular weight excluding hydrogens is 270 g/mol. The fraction of sp³-hybridized carbons (Fsp3) is 0.769. The number of rotatable bonds is 1. The molecule has 19 heavy (non-hydrogen) atoms. The number of Topliss-reactive ketones (excluding diaryl/α,β-unsaturated/α-hetero) is 1. The molecule has 0 aromatic carbocycles. The maximum Gasteiger partial charge on any atom is 0.317 e. The molecule has 0 aliphatic carbocycles. The van der Waals surface area contributed by atoms with Gasteiger partial charge in [-0.25, -0.2) is 0 Å². The molecule has 0 spiro atoms. The van der Waals surface area contributed by atoms with Gasteiger partial charge in [0.2, 0.25) is 5.91 Å². The maximum atomic E-state index is 11.9. The minimum absolute atomic E-state index is 0. The highest BCUT2D eigenvalue weighted by Crippen LogP contribution is 2.19. The van der Waals surface area contributed by atoms with Crippen LogP contribution in [0, 0.1) is 5.92 Å². The Hall–Kier alpha value is -1.10. The Morgan fingerprint density at radius 3 is 2.32 bits per heavy atom. The zero-order valence-electron chi connectivity index (χ0n) is 11.9. The van der Waals surface area contributed by atoms with Gasteiger partial charge in [0.1, 0.15) is 17.3 Å². The average Bonchev–Trinajstić information content (AvgIpc) is 2.37. The zero-order valence-corrected chi connectivity index (χ0v) is 12.7. The van der Waals surface area contributed by atoms with Gasteiger partial charge in [0.15, 0.2) is 0 Å². The Balaban J connectivity index is 0.00000324. The third kappa shape index (κ3) is 5.59. The van der Waals surface area contributed by atoms with Crippen molar-refractivity contribution in [3.05, 3.63) is 0 Å². The first kappa shape index (κ1) is 17.9. The van der Waals surface area contributed by atoms with Gasteiger partial charge in [0.05, 0.1) is 0 Å². The van der Waals surface area contributed by atoms with E-state index < -0.39 is 17.5 Å². The molecule has 0 radical (unpaired) electrons. The number of carbonyl (C=O) groups is 3. The van der Waals surface area contributed by atoms with Crippen molar-refractivity contribution in [1.29, 1.82) is 0 Å². The van der Waals surface area contributed by atoms with Crippen molar-refractivity contribution in [2.45, 2.75) is 46.1 Å². The van der Waals surface area contributed by atoms with Crippen LogP contribution in [0.25, 0.3) is 0 Å². The Labute approximate surface area is 120 Å². The van der Waals surface area contributed by atoms with Crippen molar-refractivity contribution in [3.8, 4) is 0 Å². The quantitative estimate of drug-likeness (QED) is 0.543. The van der Waals surface area contributed by atoms with Crippen molar-refractivity contribution < 1.29 is 19.1 Å². The number of likely N-dealkylation sites (tertiary alicyclic amines) is 1. The van der Waals surface area contributed by atoms with Crippen LogP contribution in [0.5, 0.6) is 0 Å². The predicted molar refractivity (Wildman–Crippen MR) is 73.1 cm³/mol. The van der Waals surface area contributed by atoms with Crippen molar-refractivity contribution in [1.82, 2.24) is 4.90 Å². The molecule has 0 aromatic heterocycles. The third-order valence-electron chi connectivity index (χ3n) is 2.84. The molecule has 0 bridgehead atoms. The fourth-order valence-electron chi connectivity index (χ4n) is 1.91. The van der Waals surface area contributed by atoms with E-state index in [4.69, 9.17) is 4.74 Å². The Morgan fingerprint density at radius 1 is 1.26 bits per heavy atom. The summed E-state index contributed by atoms with van der Waals surface area (Å²) in [5.74, 6) is -1.40. The van der Waals surface area contributed by atoms with Gasteiger partial charge in [-0.2, -0.15) is 0 Å². The fourth-order valence-corrected chi connectivity index (χ4v) is 1.91. The van der Waals surface area contributed by atoms with Gasteiger partial charge in [-0.1, -0.05) is 0 Å². The van der Waals surface area contributed by atoms with E-state index in [0.29, 0.717) is 19.5 Å². The first-order chi connectivity index (χ1) is 8.20. The lowest BCUT2D eigenvalue weighted by molar-refractivity contribution is -0.162. The minimum atomic E-state index is -0.728. The number of hydrogen-bond donors (Lipinski definition) is 0. The molecule has 0 N–H and O–H groups in total. The van der Waals surface area contributed by atoms with Crippen LogP contribution in [0.2, 0.25) is 0 Å². The van der Waals surface area contributed by atoms with E-state index in [-0.39, 0.29) is 30.5 Å². The molecule has 1 aliphatic heterocycles. The first-order valence-electron chi connectivity index (χ1n) is 6.22. The molecule has 0 saturated carbocycles. The summed E-state index contributed by atoms with van der Waals surface area (Å²) in [6.45, 7) is 7.62. The summed E-state index contributed by atoms with van der Waals surface area (Å²) in [5.41, 5.74) is -0.593. The highest BCUT2D eigenvalue weighted by Gasteiger charge is 2.33. The monoisotopic (exact) mass is 291 g/mol. The van der Waals surface area contributed by atoms with Gasteiger partial charge in [-0.05, 0) is 27.2 Å². The highest BCUT2D eigenvalue weighted by molar-refractivity contribution is 5.99. The van der Waals surface area contributed by atoms with Gasteiger partial charge in [0, 0.05) is 26.4 Å². The molecule has 1 saturated heterocycles. The van der Waals surface area contributed by atoms with E-state index >= 15 is 0 Å². The second-order valence-corrected chi connectivity index (χ2v) is 5.60. The summed E-state index contributed by atoms with van der Waals surface area (Å²) < 4.78 is 5.24. The van der Waals surface area contributed by atoms with Crippen molar-refractivity contribution in [2.75, 3.05) is 13.1 Å². The summed E-state index contributed by atoms with van der Waals surface area (Å²) in [4.78, 5) is 36.6. The maximum absolute atomic E-state index is 11.9. The smallest absolute Gasteiger partial charge is 0.317 e. The van der Waals surface area contributed by atoms with Crippen molar-refractivity contribution in [3.63, 3.8) is 0 Å². The van der Waals surface area contributed by atoms with Crippen LogP contribution < -0.4 is 0 Å². The largest absolute Gasteiger partial charge is 0.459 e. The molecule has 5 nitrogen and oxygen atoms in total. The molecule has 0 aromatic rings. The number of carbonyl (C=O) groups excluding carboxylic acids is 3. The summed E-state index contributed by atoms with van der Waals surface area (Å²) in [6, 6.07) is 0. The van der Waals surface area contributed by atoms with Crippen molar-refractivity contribution in [2.24, 2.45) is 5.92 Å². The Bertz CT molecular complexity index is 362. The van der Waals surface area contributed by atoms with Crippen molar-refractivity contribution >= 4 is 30.1 Å². The van der Waals surface area contributed by atoms with E-state index in [0.717, 1.165) is 0 Å². The van der Waals surface area contributed by atoms with E-state index in [1.807, 2.05) is 0 Å². The van der Waals surface area contributed by atoms with E-state index in [1.165, 1.54) is 6.92 Å². The van der Waals surface area contributed by atoms with Gasteiger partial charge >= 0.3 is 5.97 Å². The zero-order chi connectivity index (χ0) is 13.9. The van der Waals surface area contributed by atoms with Crippen LogP contribution in [-0.2, 0) is 19.1 Å². The van der Waals surface area contributed by atoms with E-state index in [1.54, 1.807) is 25.7 Å². The average molecular weight is 292 g/mol. The standard InChI is InChI=1S/C13H21NO4.ClH/c1-9(15)14-7-5-10(11(16)6-8-14)12(17)18-13(2,3)4;/h10H,5-8H2,1-4H3;1H. The molecule has 1 unspecified atom stereocenters. The number of halogens is 1.